The fraction of sp³-hybridized carbons (Fsp3) is 0.357. The summed E-state index contributed by atoms with van der Waals surface area (Å²) in [6, 6.07) is 8.52. The number of rotatable bonds is 13. The Hall–Kier alpha value is -4.92. The van der Waals surface area contributed by atoms with Crippen molar-refractivity contribution in [3.8, 4) is 0 Å². The van der Waals surface area contributed by atoms with Crippen LogP contribution in [0.1, 0.15) is 20.7 Å². The molecule has 2 aromatic carbocycles. The molecule has 0 aliphatic carbocycles. The Morgan fingerprint density at radius 1 is 0.667 bits per heavy atom. The highest BCUT2D eigenvalue weighted by atomic mass is 32.2. The predicted octanol–water partition coefficient (Wildman–Crippen LogP) is -1.90. The van der Waals surface area contributed by atoms with Crippen LogP contribution in [0.15, 0.2) is 48.5 Å². The molecule has 2 aliphatic heterocycles. The van der Waals surface area contributed by atoms with Crippen LogP contribution in [0.5, 0.6) is 0 Å². The van der Waals surface area contributed by atoms with Gasteiger partial charge in [-0.25, -0.2) is 26.4 Å². The molecule has 2 atom stereocenters. The van der Waals surface area contributed by atoms with E-state index < -0.39 is 80.9 Å². The third-order valence-corrected chi connectivity index (χ3v) is 8.19. The van der Waals surface area contributed by atoms with Crippen LogP contribution in [-0.2, 0) is 48.7 Å². The smallest absolute Gasteiger partial charge is 0.338 e. The number of hydrogen-bond acceptors (Lipinski definition) is 14. The molecular formula is C28H32N6O12S2. The Morgan fingerprint density at radius 3 is 1.31 bits per heavy atom. The first kappa shape index (κ1) is 35.9. The standard InChI is InChI=1S/C28H32N6O12S2/c1-47(41,42)31-19-7-3-17(4-8-19)27(39)45-15-21-25(37)29-23(35)13-33(21)11-12-34-14-24(36)30-26(38)22(34)16-46-28(40)18-5-9-20(10-6-18)32-48(2,43)44/h3-10,21-22,31-32H,11-16H2,1-2H3,(H,29,35,37)(H,30,36,38). The SMILES string of the molecule is CS(=O)(=O)Nc1ccc(C(=O)OCC2C(=O)NC(=O)CN2CCN2CC(=O)NC(=O)C2COC(=O)c2ccc(NS(C)(=O)=O)cc2)cc1. The van der Waals surface area contributed by atoms with Gasteiger partial charge in [-0.3, -0.25) is 49.1 Å². The molecule has 2 heterocycles. The van der Waals surface area contributed by atoms with Crippen molar-refractivity contribution in [1.82, 2.24) is 20.4 Å². The second kappa shape index (κ2) is 14.9. The number of piperazine rings is 2. The number of carbonyl (C=O) groups excluding carboxylic acids is 6. The van der Waals surface area contributed by atoms with Gasteiger partial charge in [0.2, 0.25) is 43.7 Å². The third-order valence-electron chi connectivity index (χ3n) is 6.97. The van der Waals surface area contributed by atoms with Crippen molar-refractivity contribution in [2.24, 2.45) is 0 Å². The number of nitrogens with one attached hydrogen (secondary N) is 4. The Bertz CT molecular complexity index is 1680. The van der Waals surface area contributed by atoms with Gasteiger partial charge in [0.25, 0.3) is 0 Å². The van der Waals surface area contributed by atoms with E-state index >= 15 is 0 Å². The third kappa shape index (κ3) is 10.3. The minimum absolute atomic E-state index is 0.0347. The maximum atomic E-state index is 12.7. The number of benzene rings is 2. The molecule has 4 amide bonds. The van der Waals surface area contributed by atoms with Crippen LogP contribution in [0.4, 0.5) is 11.4 Å². The highest BCUT2D eigenvalue weighted by molar-refractivity contribution is 7.92. The normalized spacial score (nSPS) is 19.2. The maximum Gasteiger partial charge on any atom is 0.338 e. The second-order valence-corrected chi connectivity index (χ2v) is 14.4. The number of anilines is 2. The monoisotopic (exact) mass is 708 g/mol. The van der Waals surface area contributed by atoms with Crippen molar-refractivity contribution < 1.29 is 55.1 Å². The van der Waals surface area contributed by atoms with Gasteiger partial charge in [-0.2, -0.15) is 0 Å². The first-order valence-electron chi connectivity index (χ1n) is 14.1. The van der Waals surface area contributed by atoms with Gasteiger partial charge in [0.15, 0.2) is 0 Å². The van der Waals surface area contributed by atoms with Crippen LogP contribution in [0.2, 0.25) is 0 Å². The zero-order valence-corrected chi connectivity index (χ0v) is 27.3. The summed E-state index contributed by atoms with van der Waals surface area (Å²) in [4.78, 5) is 77.9. The molecule has 2 fully saturated rings. The Kier molecular flexibility index (Phi) is 11.1. The lowest BCUT2D eigenvalue weighted by molar-refractivity contribution is -0.145. The van der Waals surface area contributed by atoms with Gasteiger partial charge in [0, 0.05) is 24.5 Å². The molecular weight excluding hydrogens is 676 g/mol. The quantitative estimate of drug-likeness (QED) is 0.131. The van der Waals surface area contributed by atoms with Gasteiger partial charge in [-0.05, 0) is 48.5 Å². The fourth-order valence-corrected chi connectivity index (χ4v) is 5.91. The molecule has 258 valence electrons. The van der Waals surface area contributed by atoms with Crippen molar-refractivity contribution in [2.75, 3.05) is 61.3 Å². The summed E-state index contributed by atoms with van der Waals surface area (Å²) in [5.74, 6) is -4.33. The van der Waals surface area contributed by atoms with Crippen molar-refractivity contribution in [3.63, 3.8) is 0 Å². The molecule has 0 radical (unpaired) electrons. The summed E-state index contributed by atoms with van der Waals surface area (Å²) >= 11 is 0. The number of nitrogens with zero attached hydrogens (tertiary/aromatic N) is 2. The lowest BCUT2D eigenvalue weighted by atomic mass is 10.1. The van der Waals surface area contributed by atoms with E-state index in [1.54, 1.807) is 0 Å². The molecule has 48 heavy (non-hydrogen) atoms. The highest BCUT2D eigenvalue weighted by Gasteiger charge is 2.38. The number of carbonyl (C=O) groups is 6. The van der Waals surface area contributed by atoms with E-state index in [2.05, 4.69) is 20.1 Å². The summed E-state index contributed by atoms with van der Waals surface area (Å²) in [5.41, 5.74) is 0.595. The van der Waals surface area contributed by atoms with Crippen molar-refractivity contribution in [2.45, 2.75) is 12.1 Å². The van der Waals surface area contributed by atoms with Crippen LogP contribution < -0.4 is 20.1 Å². The summed E-state index contributed by atoms with van der Waals surface area (Å²) < 4.78 is 60.7. The maximum absolute atomic E-state index is 12.7. The van der Waals surface area contributed by atoms with Crippen molar-refractivity contribution in [3.05, 3.63) is 59.7 Å². The molecule has 0 aromatic heterocycles. The first-order chi connectivity index (χ1) is 22.5. The van der Waals surface area contributed by atoms with Gasteiger partial charge >= 0.3 is 11.9 Å². The average molecular weight is 709 g/mol. The van der Waals surface area contributed by atoms with E-state index in [-0.39, 0.29) is 48.7 Å². The Balaban J connectivity index is 1.37. The zero-order valence-electron chi connectivity index (χ0n) is 25.6. The van der Waals surface area contributed by atoms with E-state index in [0.29, 0.717) is 0 Å². The van der Waals surface area contributed by atoms with Crippen LogP contribution in [0, 0.1) is 0 Å². The highest BCUT2D eigenvalue weighted by Crippen LogP contribution is 2.16. The van der Waals surface area contributed by atoms with Gasteiger partial charge in [0.05, 0.1) is 36.7 Å². The number of hydrogen-bond donors (Lipinski definition) is 4. The van der Waals surface area contributed by atoms with Gasteiger partial charge in [-0.1, -0.05) is 0 Å². The minimum atomic E-state index is -3.53. The number of sulfonamides is 2. The predicted molar refractivity (Wildman–Crippen MR) is 167 cm³/mol. The van der Waals surface area contributed by atoms with E-state index in [1.165, 1.54) is 58.3 Å². The summed E-state index contributed by atoms with van der Waals surface area (Å²) in [7, 11) is -7.05. The minimum Gasteiger partial charge on any atom is -0.460 e. The molecule has 0 spiro atoms. The largest absolute Gasteiger partial charge is 0.460 e. The van der Waals surface area contributed by atoms with Crippen LogP contribution in [0.25, 0.3) is 0 Å². The molecule has 2 aromatic rings. The summed E-state index contributed by atoms with van der Waals surface area (Å²) in [6.07, 6.45) is 1.95. The Labute approximate surface area is 275 Å². The number of esters is 2. The second-order valence-electron chi connectivity index (χ2n) is 10.9. The number of imide groups is 2. The van der Waals surface area contributed by atoms with Gasteiger partial charge in [-0.15, -0.1) is 0 Å². The molecule has 2 unspecified atom stereocenters. The van der Waals surface area contributed by atoms with Gasteiger partial charge < -0.3 is 9.47 Å². The average Bonchev–Trinajstić information content (AvgIpc) is 2.97. The fourth-order valence-electron chi connectivity index (χ4n) is 4.78. The van der Waals surface area contributed by atoms with Crippen LogP contribution in [0.3, 0.4) is 0 Å². The van der Waals surface area contributed by atoms with E-state index in [1.807, 2.05) is 0 Å². The molecule has 18 nitrogen and oxygen atoms in total. The molecule has 4 rings (SSSR count). The summed E-state index contributed by atoms with van der Waals surface area (Å²) in [6.45, 7) is -1.52. The number of amides is 4. The first-order valence-corrected chi connectivity index (χ1v) is 17.9. The molecule has 0 saturated carbocycles. The Morgan fingerprint density at radius 2 is 1.00 bits per heavy atom. The van der Waals surface area contributed by atoms with Crippen LogP contribution in [-0.4, -0.2) is 126 Å². The summed E-state index contributed by atoms with van der Waals surface area (Å²) in [5, 5.41) is 4.35. The molecule has 20 heteroatoms. The van der Waals surface area contributed by atoms with E-state index in [0.717, 1.165) is 12.5 Å². The molecule has 2 aliphatic rings. The van der Waals surface area contributed by atoms with Crippen molar-refractivity contribution >= 4 is 67.0 Å². The van der Waals surface area contributed by atoms with E-state index in [4.69, 9.17) is 9.47 Å². The lowest BCUT2D eigenvalue weighted by Crippen LogP contribution is -2.63. The molecule has 4 N–H and O–H groups in total. The lowest BCUT2D eigenvalue weighted by Gasteiger charge is -2.37. The molecule has 2 saturated heterocycles. The van der Waals surface area contributed by atoms with Crippen LogP contribution >= 0.6 is 0 Å². The number of ether oxygens (including phenoxy) is 2. The van der Waals surface area contributed by atoms with Crippen molar-refractivity contribution in [1.29, 1.82) is 0 Å². The molecule has 0 bridgehead atoms. The van der Waals surface area contributed by atoms with Gasteiger partial charge in [0.1, 0.15) is 25.3 Å². The van der Waals surface area contributed by atoms with E-state index in [9.17, 15) is 45.6 Å². The topological polar surface area (TPSA) is 244 Å². The zero-order chi connectivity index (χ0) is 35.2.